The summed E-state index contributed by atoms with van der Waals surface area (Å²) < 4.78 is 1.90. The van der Waals surface area contributed by atoms with Gasteiger partial charge in [0.25, 0.3) is 5.91 Å². The summed E-state index contributed by atoms with van der Waals surface area (Å²) in [5, 5.41) is 3.94. The second-order valence-electron chi connectivity index (χ2n) is 9.64. The number of carbonyl (C=O) groups is 2. The predicted molar refractivity (Wildman–Crippen MR) is 129 cm³/mol. The SMILES string of the molecule is CC1CCCCC1NC(=O)C1(C)Cn2c(nc3ccccc32)C(=O)N1Cc1ccc(Cl)cc1. The van der Waals surface area contributed by atoms with Gasteiger partial charge in [-0.25, -0.2) is 4.98 Å². The molecule has 5 rings (SSSR count). The number of rotatable bonds is 4. The largest absolute Gasteiger partial charge is 0.351 e. The normalized spacial score (nSPS) is 25.2. The van der Waals surface area contributed by atoms with E-state index in [1.807, 2.05) is 60.0 Å². The van der Waals surface area contributed by atoms with Gasteiger partial charge < -0.3 is 14.8 Å². The molecule has 2 amide bonds. The van der Waals surface area contributed by atoms with E-state index in [0.29, 0.717) is 29.9 Å². The lowest BCUT2D eigenvalue weighted by atomic mass is 9.85. The Morgan fingerprint density at radius 2 is 1.88 bits per heavy atom. The van der Waals surface area contributed by atoms with Crippen molar-refractivity contribution >= 4 is 34.4 Å². The molecule has 3 atom stereocenters. The van der Waals surface area contributed by atoms with Crippen molar-refractivity contribution in [2.45, 2.75) is 64.2 Å². The van der Waals surface area contributed by atoms with Gasteiger partial charge in [-0.1, -0.05) is 55.6 Å². The van der Waals surface area contributed by atoms with Crippen molar-refractivity contribution in [3.8, 4) is 0 Å². The van der Waals surface area contributed by atoms with Crippen LogP contribution in [0.15, 0.2) is 48.5 Å². The smallest absolute Gasteiger partial charge is 0.291 e. The Morgan fingerprint density at radius 3 is 2.64 bits per heavy atom. The van der Waals surface area contributed by atoms with E-state index >= 15 is 0 Å². The van der Waals surface area contributed by atoms with Crippen LogP contribution in [0, 0.1) is 5.92 Å². The number of nitrogens with one attached hydrogen (secondary N) is 1. The predicted octanol–water partition coefficient (Wildman–Crippen LogP) is 4.80. The van der Waals surface area contributed by atoms with E-state index in [-0.39, 0.29) is 17.9 Å². The van der Waals surface area contributed by atoms with Crippen LogP contribution in [0.25, 0.3) is 11.0 Å². The van der Waals surface area contributed by atoms with Crippen molar-refractivity contribution in [3.05, 3.63) is 64.9 Å². The molecule has 7 heteroatoms. The van der Waals surface area contributed by atoms with Crippen molar-refractivity contribution in [1.82, 2.24) is 19.8 Å². The van der Waals surface area contributed by atoms with Crippen LogP contribution in [0.3, 0.4) is 0 Å². The molecule has 0 radical (unpaired) electrons. The van der Waals surface area contributed by atoms with Crippen LogP contribution in [0.1, 0.15) is 55.7 Å². The first-order chi connectivity index (χ1) is 15.9. The van der Waals surface area contributed by atoms with E-state index in [1.165, 1.54) is 6.42 Å². The van der Waals surface area contributed by atoms with E-state index in [0.717, 1.165) is 35.9 Å². The van der Waals surface area contributed by atoms with Crippen LogP contribution in [-0.4, -0.2) is 37.8 Å². The molecule has 2 aromatic carbocycles. The summed E-state index contributed by atoms with van der Waals surface area (Å²) in [5.41, 5.74) is 1.50. The number of aromatic nitrogens is 2. The van der Waals surface area contributed by atoms with Crippen LogP contribution in [0.2, 0.25) is 5.02 Å². The quantitative estimate of drug-likeness (QED) is 0.603. The molecule has 33 heavy (non-hydrogen) atoms. The number of halogens is 1. The summed E-state index contributed by atoms with van der Waals surface area (Å²) in [6.07, 6.45) is 4.42. The molecule has 2 aliphatic rings. The summed E-state index contributed by atoms with van der Waals surface area (Å²) in [7, 11) is 0. The maximum absolute atomic E-state index is 13.8. The number of hydrogen-bond acceptors (Lipinski definition) is 3. The Morgan fingerprint density at radius 1 is 1.15 bits per heavy atom. The Bertz CT molecular complexity index is 1200. The number of imidazole rings is 1. The number of para-hydroxylation sites is 2. The molecule has 172 valence electrons. The lowest BCUT2D eigenvalue weighted by Crippen LogP contribution is -2.65. The van der Waals surface area contributed by atoms with Gasteiger partial charge in [0, 0.05) is 17.6 Å². The lowest BCUT2D eigenvalue weighted by molar-refractivity contribution is -0.134. The van der Waals surface area contributed by atoms with Crippen LogP contribution >= 0.6 is 11.6 Å². The van der Waals surface area contributed by atoms with Crippen molar-refractivity contribution in [2.75, 3.05) is 0 Å². The molecule has 1 saturated carbocycles. The average molecular weight is 465 g/mol. The van der Waals surface area contributed by atoms with E-state index in [2.05, 4.69) is 17.2 Å². The van der Waals surface area contributed by atoms with Gasteiger partial charge in [0.1, 0.15) is 5.54 Å². The Balaban J connectivity index is 1.54. The Kier molecular flexibility index (Phi) is 5.65. The third-order valence-corrected chi connectivity index (χ3v) is 7.58. The molecule has 0 spiro atoms. The Hall–Kier alpha value is -2.86. The van der Waals surface area contributed by atoms with Crippen LogP contribution < -0.4 is 5.32 Å². The van der Waals surface area contributed by atoms with E-state index in [9.17, 15) is 9.59 Å². The fourth-order valence-electron chi connectivity index (χ4n) is 5.20. The van der Waals surface area contributed by atoms with Crippen molar-refractivity contribution < 1.29 is 9.59 Å². The van der Waals surface area contributed by atoms with Crippen molar-refractivity contribution in [3.63, 3.8) is 0 Å². The second kappa shape index (κ2) is 8.49. The zero-order chi connectivity index (χ0) is 23.2. The highest BCUT2D eigenvalue weighted by atomic mass is 35.5. The third kappa shape index (κ3) is 3.90. The van der Waals surface area contributed by atoms with E-state index in [1.54, 1.807) is 4.90 Å². The van der Waals surface area contributed by atoms with Gasteiger partial charge in [-0.15, -0.1) is 0 Å². The second-order valence-corrected chi connectivity index (χ2v) is 10.1. The van der Waals surface area contributed by atoms with Crippen LogP contribution in [-0.2, 0) is 17.9 Å². The highest BCUT2D eigenvalue weighted by Gasteiger charge is 2.49. The van der Waals surface area contributed by atoms with Gasteiger partial charge in [-0.05, 0) is 55.5 Å². The number of carbonyl (C=O) groups excluding carboxylic acids is 2. The molecule has 1 aliphatic carbocycles. The van der Waals surface area contributed by atoms with Crippen molar-refractivity contribution in [1.29, 1.82) is 0 Å². The molecule has 1 fully saturated rings. The van der Waals surface area contributed by atoms with Crippen LogP contribution in [0.5, 0.6) is 0 Å². The summed E-state index contributed by atoms with van der Waals surface area (Å²) in [6.45, 7) is 4.74. The summed E-state index contributed by atoms with van der Waals surface area (Å²) in [6, 6.07) is 15.2. The summed E-state index contributed by atoms with van der Waals surface area (Å²) >= 11 is 6.07. The van der Waals surface area contributed by atoms with Crippen LogP contribution in [0.4, 0.5) is 0 Å². The Labute approximate surface area is 198 Å². The van der Waals surface area contributed by atoms with Crippen molar-refractivity contribution in [2.24, 2.45) is 5.92 Å². The molecule has 1 N–H and O–H groups in total. The van der Waals surface area contributed by atoms with Gasteiger partial charge in [0.15, 0.2) is 5.82 Å². The molecule has 6 nitrogen and oxygen atoms in total. The molecule has 0 bridgehead atoms. The molecule has 1 aliphatic heterocycles. The van der Waals surface area contributed by atoms with Gasteiger partial charge in [0.2, 0.25) is 5.91 Å². The molecular weight excluding hydrogens is 436 g/mol. The number of fused-ring (bicyclic) bond motifs is 3. The van der Waals surface area contributed by atoms with Gasteiger partial charge >= 0.3 is 0 Å². The summed E-state index contributed by atoms with van der Waals surface area (Å²) in [5.74, 6) is 0.468. The third-order valence-electron chi connectivity index (χ3n) is 7.32. The number of amides is 2. The highest BCUT2D eigenvalue weighted by molar-refractivity contribution is 6.30. The molecule has 2 heterocycles. The fraction of sp³-hybridized carbons (Fsp3) is 0.423. The maximum Gasteiger partial charge on any atom is 0.291 e. The highest BCUT2D eigenvalue weighted by Crippen LogP contribution is 2.33. The number of benzene rings is 2. The standard InChI is InChI=1S/C26H29ClN4O2/c1-17-7-3-4-8-20(17)29-25(33)26(2)16-30-22-10-6-5-9-21(22)28-23(30)24(32)31(26)15-18-11-13-19(27)14-12-18/h5-6,9-14,17,20H,3-4,7-8,15-16H2,1-2H3,(H,29,33). The monoisotopic (exact) mass is 464 g/mol. The first kappa shape index (κ1) is 22.0. The first-order valence-electron chi connectivity index (χ1n) is 11.7. The van der Waals surface area contributed by atoms with E-state index < -0.39 is 5.54 Å². The first-order valence-corrected chi connectivity index (χ1v) is 12.1. The number of nitrogens with zero attached hydrogens (tertiary/aromatic N) is 3. The number of hydrogen-bond donors (Lipinski definition) is 1. The average Bonchev–Trinajstić information content (AvgIpc) is 3.18. The van der Waals surface area contributed by atoms with Gasteiger partial charge in [-0.2, -0.15) is 0 Å². The molecule has 3 unspecified atom stereocenters. The minimum Gasteiger partial charge on any atom is -0.351 e. The zero-order valence-corrected chi connectivity index (χ0v) is 19.8. The van der Waals surface area contributed by atoms with Gasteiger partial charge in [-0.3, -0.25) is 9.59 Å². The minimum absolute atomic E-state index is 0.105. The van der Waals surface area contributed by atoms with Gasteiger partial charge in [0.05, 0.1) is 17.6 Å². The summed E-state index contributed by atoms with van der Waals surface area (Å²) in [4.78, 5) is 33.9. The van der Waals surface area contributed by atoms with E-state index in [4.69, 9.17) is 11.6 Å². The topological polar surface area (TPSA) is 67.2 Å². The minimum atomic E-state index is -1.05. The molecule has 1 aromatic heterocycles. The fourth-order valence-corrected chi connectivity index (χ4v) is 5.33. The molecular formula is C26H29ClN4O2. The maximum atomic E-state index is 13.8. The molecule has 3 aromatic rings. The molecule has 0 saturated heterocycles. The zero-order valence-electron chi connectivity index (χ0n) is 19.1. The lowest BCUT2D eigenvalue weighted by Gasteiger charge is -2.44.